The number of hydrogen-bond donors (Lipinski definition) is 1. The van der Waals surface area contributed by atoms with Gasteiger partial charge in [0.15, 0.2) is 0 Å². The van der Waals surface area contributed by atoms with Gasteiger partial charge in [0.05, 0.1) is 5.02 Å². The van der Waals surface area contributed by atoms with E-state index < -0.39 is 0 Å². The Bertz CT molecular complexity index is 430. The van der Waals surface area contributed by atoms with E-state index in [1.165, 1.54) is 0 Å². The van der Waals surface area contributed by atoms with Gasteiger partial charge in [-0.05, 0) is 31.5 Å². The maximum atomic E-state index is 6.19. The predicted octanol–water partition coefficient (Wildman–Crippen LogP) is 4.69. The third-order valence-electron chi connectivity index (χ3n) is 2.51. The van der Waals surface area contributed by atoms with Crippen LogP contribution in [0.3, 0.4) is 0 Å². The van der Waals surface area contributed by atoms with E-state index in [1.807, 2.05) is 25.1 Å². The lowest BCUT2D eigenvalue weighted by Crippen LogP contribution is -2.19. The number of rotatable bonds is 7. The highest BCUT2D eigenvalue weighted by Gasteiger charge is 2.10. The minimum Gasteiger partial charge on any atom is -0.488 e. The van der Waals surface area contributed by atoms with Gasteiger partial charge in [0.2, 0.25) is 0 Å². The van der Waals surface area contributed by atoms with Crippen molar-refractivity contribution in [1.29, 1.82) is 0 Å². The van der Waals surface area contributed by atoms with Crippen LogP contribution in [-0.2, 0) is 6.54 Å². The van der Waals surface area contributed by atoms with Crippen molar-refractivity contribution in [3.8, 4) is 5.75 Å². The van der Waals surface area contributed by atoms with Gasteiger partial charge >= 0.3 is 0 Å². The molecule has 4 heteroatoms. The van der Waals surface area contributed by atoms with Crippen molar-refractivity contribution in [2.45, 2.75) is 27.3 Å². The molecule has 0 aliphatic rings. The summed E-state index contributed by atoms with van der Waals surface area (Å²) in [5.41, 5.74) is 0.989. The summed E-state index contributed by atoms with van der Waals surface area (Å²) in [6, 6.07) is 3.60. The largest absolute Gasteiger partial charge is 0.488 e. The molecular weight excluding hydrogens is 281 g/mol. The van der Waals surface area contributed by atoms with Gasteiger partial charge in [-0.15, -0.1) is 0 Å². The summed E-state index contributed by atoms with van der Waals surface area (Å²) >= 11 is 12.2. The molecule has 0 radical (unpaired) electrons. The Hall–Kier alpha value is -0.700. The quantitative estimate of drug-likeness (QED) is 0.738. The summed E-state index contributed by atoms with van der Waals surface area (Å²) in [6.45, 7) is 8.44. The Balaban J connectivity index is 2.80. The molecule has 0 aliphatic heterocycles. The van der Waals surface area contributed by atoms with Gasteiger partial charge in [0.1, 0.15) is 12.4 Å². The van der Waals surface area contributed by atoms with Crippen LogP contribution in [0.1, 0.15) is 26.3 Å². The van der Waals surface area contributed by atoms with E-state index in [1.54, 1.807) is 6.07 Å². The Morgan fingerprint density at radius 1 is 1.32 bits per heavy atom. The number of nitrogens with one attached hydrogen (secondary N) is 1. The van der Waals surface area contributed by atoms with Crippen LogP contribution in [0.5, 0.6) is 5.75 Å². The molecule has 0 aromatic heterocycles. The van der Waals surface area contributed by atoms with Gasteiger partial charge in [0, 0.05) is 17.1 Å². The molecule has 0 heterocycles. The Morgan fingerprint density at radius 2 is 2.05 bits per heavy atom. The summed E-state index contributed by atoms with van der Waals surface area (Å²) in [6.07, 6.45) is 3.89. The van der Waals surface area contributed by atoms with Crippen LogP contribution in [-0.4, -0.2) is 13.2 Å². The summed E-state index contributed by atoms with van der Waals surface area (Å²) in [4.78, 5) is 0. The Labute approximate surface area is 125 Å². The van der Waals surface area contributed by atoms with Crippen LogP contribution in [0.25, 0.3) is 0 Å². The van der Waals surface area contributed by atoms with E-state index in [0.717, 1.165) is 12.1 Å². The van der Waals surface area contributed by atoms with Crippen molar-refractivity contribution in [1.82, 2.24) is 5.32 Å². The normalized spacial score (nSPS) is 11.5. The minimum absolute atomic E-state index is 0.509. The molecule has 0 amide bonds. The fraction of sp³-hybridized carbons (Fsp3) is 0.467. The third kappa shape index (κ3) is 5.85. The van der Waals surface area contributed by atoms with Gasteiger partial charge < -0.3 is 10.1 Å². The molecule has 1 aromatic carbocycles. The lowest BCUT2D eigenvalue weighted by atomic mass is 10.1. The van der Waals surface area contributed by atoms with Gasteiger partial charge in [-0.1, -0.05) is 49.2 Å². The van der Waals surface area contributed by atoms with Gasteiger partial charge in [-0.3, -0.25) is 0 Å². The first kappa shape index (κ1) is 16.4. The zero-order valence-electron chi connectivity index (χ0n) is 11.7. The topological polar surface area (TPSA) is 21.3 Å². The SMILES string of the molecule is CC=CCOc1c(Cl)cc(Cl)cc1CNCC(C)C. The first-order valence-electron chi connectivity index (χ1n) is 6.47. The smallest absolute Gasteiger partial charge is 0.142 e. The fourth-order valence-electron chi connectivity index (χ4n) is 1.63. The van der Waals surface area contributed by atoms with E-state index in [0.29, 0.717) is 34.9 Å². The highest BCUT2D eigenvalue weighted by molar-refractivity contribution is 6.35. The van der Waals surface area contributed by atoms with E-state index in [2.05, 4.69) is 19.2 Å². The van der Waals surface area contributed by atoms with E-state index in [-0.39, 0.29) is 0 Å². The van der Waals surface area contributed by atoms with Crippen molar-refractivity contribution < 1.29 is 4.74 Å². The molecular formula is C15H21Cl2NO. The number of benzene rings is 1. The number of hydrogen-bond acceptors (Lipinski definition) is 2. The van der Waals surface area contributed by atoms with Crippen molar-refractivity contribution in [2.24, 2.45) is 5.92 Å². The molecule has 0 fully saturated rings. The standard InChI is InChI=1S/C15H21Cl2NO/c1-4-5-6-19-15-12(10-18-9-11(2)3)7-13(16)8-14(15)17/h4-5,7-8,11,18H,6,9-10H2,1-3H3. The van der Waals surface area contributed by atoms with Crippen LogP contribution in [0, 0.1) is 5.92 Å². The number of allylic oxidation sites excluding steroid dienone is 1. The molecule has 0 bridgehead atoms. The molecule has 0 spiro atoms. The molecule has 19 heavy (non-hydrogen) atoms. The average molecular weight is 302 g/mol. The number of ether oxygens (including phenoxy) is 1. The minimum atomic E-state index is 0.509. The van der Waals surface area contributed by atoms with Crippen molar-refractivity contribution in [3.63, 3.8) is 0 Å². The molecule has 0 unspecified atom stereocenters. The maximum Gasteiger partial charge on any atom is 0.142 e. The fourth-order valence-corrected chi connectivity index (χ4v) is 2.22. The van der Waals surface area contributed by atoms with Gasteiger partial charge in [0.25, 0.3) is 0 Å². The summed E-state index contributed by atoms with van der Waals surface area (Å²) in [7, 11) is 0. The van der Waals surface area contributed by atoms with Crippen LogP contribution < -0.4 is 10.1 Å². The molecule has 0 atom stereocenters. The van der Waals surface area contributed by atoms with Gasteiger partial charge in [-0.2, -0.15) is 0 Å². The van der Waals surface area contributed by atoms with Gasteiger partial charge in [-0.25, -0.2) is 0 Å². The van der Waals surface area contributed by atoms with Crippen molar-refractivity contribution in [2.75, 3.05) is 13.2 Å². The molecule has 1 aromatic rings. The number of halogens is 2. The molecule has 0 saturated heterocycles. The maximum absolute atomic E-state index is 6.19. The Kier molecular flexibility index (Phi) is 7.29. The molecule has 0 aliphatic carbocycles. The lowest BCUT2D eigenvalue weighted by molar-refractivity contribution is 0.357. The zero-order chi connectivity index (χ0) is 14.3. The van der Waals surface area contributed by atoms with E-state index >= 15 is 0 Å². The van der Waals surface area contributed by atoms with Crippen molar-refractivity contribution in [3.05, 3.63) is 39.9 Å². The van der Waals surface area contributed by atoms with E-state index in [4.69, 9.17) is 27.9 Å². The second kappa shape index (κ2) is 8.47. The second-order valence-electron chi connectivity index (χ2n) is 4.78. The van der Waals surface area contributed by atoms with Crippen LogP contribution in [0.15, 0.2) is 24.3 Å². The third-order valence-corrected chi connectivity index (χ3v) is 3.01. The zero-order valence-corrected chi connectivity index (χ0v) is 13.2. The monoisotopic (exact) mass is 301 g/mol. The summed E-state index contributed by atoms with van der Waals surface area (Å²) in [5, 5.41) is 4.55. The second-order valence-corrected chi connectivity index (χ2v) is 5.62. The molecule has 1 rings (SSSR count). The molecule has 0 saturated carbocycles. The average Bonchev–Trinajstić information content (AvgIpc) is 2.32. The molecule has 106 valence electrons. The van der Waals surface area contributed by atoms with Crippen LogP contribution in [0.2, 0.25) is 10.0 Å². The molecule has 2 nitrogen and oxygen atoms in total. The van der Waals surface area contributed by atoms with E-state index in [9.17, 15) is 0 Å². The predicted molar refractivity (Wildman–Crippen MR) is 83.3 cm³/mol. The first-order valence-corrected chi connectivity index (χ1v) is 7.22. The summed E-state index contributed by atoms with van der Waals surface area (Å²) < 4.78 is 5.70. The molecule has 1 N–H and O–H groups in total. The Morgan fingerprint density at radius 3 is 2.68 bits per heavy atom. The highest BCUT2D eigenvalue weighted by Crippen LogP contribution is 2.32. The first-order chi connectivity index (χ1) is 9.04. The van der Waals surface area contributed by atoms with Crippen LogP contribution >= 0.6 is 23.2 Å². The summed E-state index contributed by atoms with van der Waals surface area (Å²) in [5.74, 6) is 1.31. The van der Waals surface area contributed by atoms with Crippen molar-refractivity contribution >= 4 is 23.2 Å². The highest BCUT2D eigenvalue weighted by atomic mass is 35.5. The lowest BCUT2D eigenvalue weighted by Gasteiger charge is -2.14. The van der Waals surface area contributed by atoms with Crippen LogP contribution in [0.4, 0.5) is 0 Å².